The molecule has 1 heterocycles. The van der Waals surface area contributed by atoms with E-state index in [2.05, 4.69) is 9.97 Å². The number of aromatic nitrogens is 2. The molecular weight excluding hydrogens is 286 g/mol. The summed E-state index contributed by atoms with van der Waals surface area (Å²) in [5.41, 5.74) is 3.35. The molecule has 2 rings (SSSR count). The van der Waals surface area contributed by atoms with Gasteiger partial charge in [-0.15, -0.1) is 0 Å². The van der Waals surface area contributed by atoms with Crippen LogP contribution in [0.25, 0.3) is 11.3 Å². The topological polar surface area (TPSA) is 46.1 Å². The molecule has 4 heteroatoms. The van der Waals surface area contributed by atoms with Gasteiger partial charge in [0.2, 0.25) is 0 Å². The van der Waals surface area contributed by atoms with Crippen molar-refractivity contribution in [2.45, 2.75) is 53.6 Å². The van der Waals surface area contributed by atoms with Gasteiger partial charge < -0.3 is 4.90 Å². The van der Waals surface area contributed by atoms with Crippen molar-refractivity contribution in [1.82, 2.24) is 14.9 Å². The molecule has 0 atom stereocenters. The van der Waals surface area contributed by atoms with Gasteiger partial charge in [0.15, 0.2) is 0 Å². The fourth-order valence-electron chi connectivity index (χ4n) is 2.88. The Morgan fingerprint density at radius 1 is 1.04 bits per heavy atom. The summed E-state index contributed by atoms with van der Waals surface area (Å²) in [6.45, 7) is 12.0. The molecule has 0 saturated heterocycles. The fourth-order valence-corrected chi connectivity index (χ4v) is 2.88. The summed E-state index contributed by atoms with van der Waals surface area (Å²) < 4.78 is 0. The minimum absolute atomic E-state index is 0.0428. The van der Waals surface area contributed by atoms with E-state index < -0.39 is 0 Å². The summed E-state index contributed by atoms with van der Waals surface area (Å²) in [4.78, 5) is 23.8. The van der Waals surface area contributed by atoms with Crippen molar-refractivity contribution in [1.29, 1.82) is 0 Å². The summed E-state index contributed by atoms with van der Waals surface area (Å²) in [6.07, 6.45) is 1.81. The van der Waals surface area contributed by atoms with E-state index in [-0.39, 0.29) is 18.0 Å². The second kappa shape index (κ2) is 6.90. The lowest BCUT2D eigenvalue weighted by Gasteiger charge is -2.31. The zero-order valence-electron chi connectivity index (χ0n) is 14.8. The van der Waals surface area contributed by atoms with Gasteiger partial charge in [-0.1, -0.05) is 18.2 Å². The zero-order valence-corrected chi connectivity index (χ0v) is 14.8. The summed E-state index contributed by atoms with van der Waals surface area (Å²) in [6, 6.07) is 7.97. The van der Waals surface area contributed by atoms with Crippen molar-refractivity contribution in [3.05, 3.63) is 47.4 Å². The Kier molecular flexibility index (Phi) is 5.14. The number of benzene rings is 1. The number of amides is 1. The minimum atomic E-state index is 0.0428. The SMILES string of the molecule is Cc1ncc(C)c(-c2ccccc2C(=O)N(C(C)C)C(C)C)n1. The highest BCUT2D eigenvalue weighted by molar-refractivity contribution is 6.01. The third-order valence-corrected chi connectivity index (χ3v) is 3.85. The zero-order chi connectivity index (χ0) is 17.1. The third-order valence-electron chi connectivity index (χ3n) is 3.85. The monoisotopic (exact) mass is 311 g/mol. The fraction of sp³-hybridized carbons (Fsp3) is 0.421. The van der Waals surface area contributed by atoms with Crippen molar-refractivity contribution in [3.8, 4) is 11.3 Å². The molecule has 0 aliphatic carbocycles. The van der Waals surface area contributed by atoms with E-state index in [1.165, 1.54) is 0 Å². The Morgan fingerprint density at radius 2 is 1.65 bits per heavy atom. The average molecular weight is 311 g/mol. The number of nitrogens with zero attached hydrogens (tertiary/aromatic N) is 3. The summed E-state index contributed by atoms with van der Waals surface area (Å²) >= 11 is 0. The first-order valence-electron chi connectivity index (χ1n) is 8.05. The Labute approximate surface area is 138 Å². The van der Waals surface area contributed by atoms with Crippen molar-refractivity contribution >= 4 is 5.91 Å². The second-order valence-corrected chi connectivity index (χ2v) is 6.39. The van der Waals surface area contributed by atoms with Crippen LogP contribution < -0.4 is 0 Å². The molecule has 0 fully saturated rings. The average Bonchev–Trinajstić information content (AvgIpc) is 2.49. The van der Waals surface area contributed by atoms with E-state index in [9.17, 15) is 4.79 Å². The van der Waals surface area contributed by atoms with Crippen molar-refractivity contribution in [3.63, 3.8) is 0 Å². The van der Waals surface area contributed by atoms with Gasteiger partial charge in [-0.05, 0) is 53.2 Å². The molecule has 0 radical (unpaired) electrons. The first kappa shape index (κ1) is 17.1. The van der Waals surface area contributed by atoms with Crippen LogP contribution in [0.4, 0.5) is 0 Å². The number of rotatable bonds is 4. The Morgan fingerprint density at radius 3 is 2.26 bits per heavy atom. The van der Waals surface area contributed by atoms with Gasteiger partial charge in [0.1, 0.15) is 5.82 Å². The normalized spacial score (nSPS) is 11.1. The standard InChI is InChI=1S/C19H25N3O/c1-12(2)22(13(3)4)19(23)17-10-8-7-9-16(17)18-14(5)11-20-15(6)21-18/h7-13H,1-6H3. The number of carbonyl (C=O) groups is 1. The van der Waals surface area contributed by atoms with Crippen LogP contribution in [-0.4, -0.2) is 32.9 Å². The van der Waals surface area contributed by atoms with Crippen molar-refractivity contribution in [2.24, 2.45) is 0 Å². The number of carbonyl (C=O) groups excluding carboxylic acids is 1. The van der Waals surface area contributed by atoms with Crippen LogP contribution in [0.3, 0.4) is 0 Å². The molecule has 0 aliphatic rings. The maximum atomic E-state index is 13.1. The first-order chi connectivity index (χ1) is 10.8. The van der Waals surface area contributed by atoms with Crippen molar-refractivity contribution < 1.29 is 4.79 Å². The molecule has 0 spiro atoms. The largest absolute Gasteiger partial charge is 0.334 e. The molecule has 0 saturated carbocycles. The summed E-state index contributed by atoms with van der Waals surface area (Å²) in [5, 5.41) is 0. The highest BCUT2D eigenvalue weighted by atomic mass is 16.2. The first-order valence-corrected chi connectivity index (χ1v) is 8.05. The predicted octanol–water partition coefficient (Wildman–Crippen LogP) is 4.02. The molecule has 0 bridgehead atoms. The van der Waals surface area contributed by atoms with Crippen LogP contribution in [0, 0.1) is 13.8 Å². The lowest BCUT2D eigenvalue weighted by Crippen LogP contribution is -2.42. The van der Waals surface area contributed by atoms with Gasteiger partial charge >= 0.3 is 0 Å². The smallest absolute Gasteiger partial charge is 0.255 e. The lowest BCUT2D eigenvalue weighted by atomic mass is 9.99. The Hall–Kier alpha value is -2.23. The third kappa shape index (κ3) is 3.58. The van der Waals surface area contributed by atoms with Crippen LogP contribution >= 0.6 is 0 Å². The molecule has 0 aliphatic heterocycles. The minimum Gasteiger partial charge on any atom is -0.334 e. The number of aryl methyl sites for hydroxylation is 2. The maximum absolute atomic E-state index is 13.1. The Balaban J connectivity index is 2.58. The van der Waals surface area contributed by atoms with E-state index in [4.69, 9.17) is 0 Å². The van der Waals surface area contributed by atoms with Crippen LogP contribution in [0.15, 0.2) is 30.5 Å². The van der Waals surface area contributed by atoms with Crippen LogP contribution in [-0.2, 0) is 0 Å². The molecule has 1 amide bonds. The molecule has 2 aromatic rings. The van der Waals surface area contributed by atoms with Gasteiger partial charge in [0.05, 0.1) is 5.69 Å². The van der Waals surface area contributed by atoms with E-state index >= 15 is 0 Å². The summed E-state index contributed by atoms with van der Waals surface area (Å²) in [5.74, 6) is 0.749. The molecule has 1 aromatic carbocycles. The van der Waals surface area contributed by atoms with E-state index in [1.54, 1.807) is 0 Å². The quantitative estimate of drug-likeness (QED) is 0.856. The molecule has 1 aromatic heterocycles. The van der Waals surface area contributed by atoms with Crippen LogP contribution in [0.5, 0.6) is 0 Å². The maximum Gasteiger partial charge on any atom is 0.255 e. The molecule has 0 N–H and O–H groups in total. The van der Waals surface area contributed by atoms with Gasteiger partial charge in [-0.3, -0.25) is 4.79 Å². The molecule has 4 nitrogen and oxygen atoms in total. The lowest BCUT2D eigenvalue weighted by molar-refractivity contribution is 0.0644. The summed E-state index contributed by atoms with van der Waals surface area (Å²) in [7, 11) is 0. The second-order valence-electron chi connectivity index (χ2n) is 6.39. The number of hydrogen-bond donors (Lipinski definition) is 0. The van der Waals surface area contributed by atoms with Gasteiger partial charge in [-0.25, -0.2) is 9.97 Å². The number of hydrogen-bond acceptors (Lipinski definition) is 3. The van der Waals surface area contributed by atoms with Gasteiger partial charge in [-0.2, -0.15) is 0 Å². The van der Waals surface area contributed by atoms with Gasteiger partial charge in [0, 0.05) is 29.4 Å². The van der Waals surface area contributed by atoms with Crippen molar-refractivity contribution in [2.75, 3.05) is 0 Å². The highest BCUT2D eigenvalue weighted by Crippen LogP contribution is 2.26. The van der Waals surface area contributed by atoms with E-state index in [0.29, 0.717) is 11.4 Å². The molecule has 122 valence electrons. The Bertz CT molecular complexity index is 700. The van der Waals surface area contributed by atoms with E-state index in [0.717, 1.165) is 16.8 Å². The molecule has 0 unspecified atom stereocenters. The van der Waals surface area contributed by atoms with Crippen LogP contribution in [0.1, 0.15) is 49.4 Å². The predicted molar refractivity (Wildman–Crippen MR) is 93.4 cm³/mol. The molecular formula is C19H25N3O. The van der Waals surface area contributed by atoms with E-state index in [1.807, 2.05) is 76.9 Å². The van der Waals surface area contributed by atoms with Crippen LogP contribution in [0.2, 0.25) is 0 Å². The molecule has 23 heavy (non-hydrogen) atoms. The highest BCUT2D eigenvalue weighted by Gasteiger charge is 2.24. The van der Waals surface area contributed by atoms with Gasteiger partial charge in [0.25, 0.3) is 5.91 Å².